The van der Waals surface area contributed by atoms with Crippen LogP contribution >= 0.6 is 22.9 Å². The standard InChI is InChI=1S/C21H18ClN3O2S/c1-25(10-13-6-2-5-9-17(13)26)11-18-23-20(27)19-15(12-28-21(19)24-18)14-7-3-4-8-16(14)22/h2-9,12,26H,10-11H2,1H3,(H,23,24,27). The van der Waals surface area contributed by atoms with E-state index in [2.05, 4.69) is 9.97 Å². The highest BCUT2D eigenvalue weighted by atomic mass is 35.5. The van der Waals surface area contributed by atoms with Gasteiger partial charge in [-0.3, -0.25) is 9.69 Å². The smallest absolute Gasteiger partial charge is 0.260 e. The van der Waals surface area contributed by atoms with Crippen LogP contribution in [0.2, 0.25) is 5.02 Å². The largest absolute Gasteiger partial charge is 0.508 e. The lowest BCUT2D eigenvalue weighted by Gasteiger charge is -2.16. The van der Waals surface area contributed by atoms with Crippen molar-refractivity contribution in [3.8, 4) is 16.9 Å². The van der Waals surface area contributed by atoms with Gasteiger partial charge in [0.2, 0.25) is 0 Å². The predicted molar refractivity (Wildman–Crippen MR) is 114 cm³/mol. The summed E-state index contributed by atoms with van der Waals surface area (Å²) in [5.74, 6) is 0.844. The second kappa shape index (κ2) is 7.75. The Morgan fingerprint density at radius 3 is 2.64 bits per heavy atom. The SMILES string of the molecule is CN(Cc1nc2scc(-c3ccccc3Cl)c2c(=O)[nH]1)Cc1ccccc1O. The molecule has 2 aromatic heterocycles. The van der Waals surface area contributed by atoms with E-state index in [9.17, 15) is 9.90 Å². The van der Waals surface area contributed by atoms with Crippen molar-refractivity contribution in [3.63, 3.8) is 0 Å². The number of rotatable bonds is 5. The lowest BCUT2D eigenvalue weighted by molar-refractivity contribution is 0.305. The monoisotopic (exact) mass is 411 g/mol. The third-order valence-electron chi connectivity index (χ3n) is 4.51. The van der Waals surface area contributed by atoms with E-state index < -0.39 is 0 Å². The van der Waals surface area contributed by atoms with Gasteiger partial charge in [0, 0.05) is 33.6 Å². The molecule has 0 radical (unpaired) electrons. The summed E-state index contributed by atoms with van der Waals surface area (Å²) >= 11 is 7.73. The Labute approximate surface area is 170 Å². The Morgan fingerprint density at radius 1 is 1.11 bits per heavy atom. The van der Waals surface area contributed by atoms with Gasteiger partial charge in [0.05, 0.1) is 11.9 Å². The van der Waals surface area contributed by atoms with Crippen molar-refractivity contribution in [1.29, 1.82) is 0 Å². The van der Waals surface area contributed by atoms with Crippen LogP contribution in [-0.4, -0.2) is 27.0 Å². The van der Waals surface area contributed by atoms with E-state index in [1.54, 1.807) is 12.1 Å². The predicted octanol–water partition coefficient (Wildman–Crippen LogP) is 4.64. The quantitative estimate of drug-likeness (QED) is 0.501. The fourth-order valence-corrected chi connectivity index (χ4v) is 4.39. The third kappa shape index (κ3) is 3.67. The molecule has 2 heterocycles. The number of thiophene rings is 1. The molecule has 0 saturated carbocycles. The van der Waals surface area contributed by atoms with Crippen LogP contribution in [-0.2, 0) is 13.1 Å². The molecule has 0 fully saturated rings. The van der Waals surface area contributed by atoms with Crippen LogP contribution in [0.3, 0.4) is 0 Å². The van der Waals surface area contributed by atoms with E-state index in [1.165, 1.54) is 11.3 Å². The molecular formula is C21H18ClN3O2S. The number of para-hydroxylation sites is 1. The molecule has 0 amide bonds. The fraction of sp³-hybridized carbons (Fsp3) is 0.143. The van der Waals surface area contributed by atoms with Crippen molar-refractivity contribution < 1.29 is 5.11 Å². The summed E-state index contributed by atoms with van der Waals surface area (Å²) in [6, 6.07) is 14.7. The summed E-state index contributed by atoms with van der Waals surface area (Å²) < 4.78 is 0. The van der Waals surface area contributed by atoms with Gasteiger partial charge in [0.25, 0.3) is 5.56 Å². The fourth-order valence-electron chi connectivity index (χ4n) is 3.19. The Kier molecular flexibility index (Phi) is 5.17. The molecular weight excluding hydrogens is 394 g/mol. The van der Waals surface area contributed by atoms with E-state index in [-0.39, 0.29) is 11.3 Å². The van der Waals surface area contributed by atoms with Crippen molar-refractivity contribution in [2.45, 2.75) is 13.1 Å². The first kappa shape index (κ1) is 18.7. The molecule has 2 aromatic carbocycles. The molecule has 2 N–H and O–H groups in total. The van der Waals surface area contributed by atoms with Gasteiger partial charge < -0.3 is 10.1 Å². The van der Waals surface area contributed by atoms with Crippen molar-refractivity contribution in [2.75, 3.05) is 7.05 Å². The van der Waals surface area contributed by atoms with E-state index in [0.29, 0.717) is 34.2 Å². The van der Waals surface area contributed by atoms with Crippen LogP contribution in [0.5, 0.6) is 5.75 Å². The molecule has 0 saturated heterocycles. The zero-order valence-electron chi connectivity index (χ0n) is 15.1. The van der Waals surface area contributed by atoms with Crippen LogP contribution in [0.25, 0.3) is 21.3 Å². The first-order valence-corrected chi connectivity index (χ1v) is 9.99. The van der Waals surface area contributed by atoms with Gasteiger partial charge in [-0.1, -0.05) is 48.0 Å². The first-order chi connectivity index (χ1) is 13.5. The number of halogens is 1. The number of hydrogen-bond donors (Lipinski definition) is 2. The number of aromatic hydroxyl groups is 1. The maximum Gasteiger partial charge on any atom is 0.260 e. The summed E-state index contributed by atoms with van der Waals surface area (Å²) in [7, 11) is 1.92. The Morgan fingerprint density at radius 2 is 1.86 bits per heavy atom. The highest BCUT2D eigenvalue weighted by Gasteiger charge is 2.15. The van der Waals surface area contributed by atoms with Crippen LogP contribution in [0.1, 0.15) is 11.4 Å². The molecule has 0 atom stereocenters. The Balaban J connectivity index is 1.63. The van der Waals surface area contributed by atoms with Crippen LogP contribution in [0.4, 0.5) is 0 Å². The average molecular weight is 412 g/mol. The molecule has 7 heteroatoms. The molecule has 0 bridgehead atoms. The normalized spacial score (nSPS) is 11.4. The zero-order valence-corrected chi connectivity index (χ0v) is 16.7. The lowest BCUT2D eigenvalue weighted by atomic mass is 10.1. The number of H-pyrrole nitrogens is 1. The molecule has 0 aliphatic rings. The van der Waals surface area contributed by atoms with Gasteiger partial charge in [0.1, 0.15) is 16.4 Å². The summed E-state index contributed by atoms with van der Waals surface area (Å²) in [4.78, 5) is 23.0. The molecule has 0 aliphatic carbocycles. The number of hydrogen-bond acceptors (Lipinski definition) is 5. The zero-order chi connectivity index (χ0) is 19.7. The number of aromatic nitrogens is 2. The molecule has 0 aliphatic heterocycles. The molecule has 28 heavy (non-hydrogen) atoms. The Hall–Kier alpha value is -2.67. The average Bonchev–Trinajstić information content (AvgIpc) is 3.08. The number of nitrogens with one attached hydrogen (secondary N) is 1. The van der Waals surface area contributed by atoms with E-state index in [1.807, 2.05) is 53.7 Å². The number of aromatic amines is 1. The molecule has 142 valence electrons. The van der Waals surface area contributed by atoms with E-state index >= 15 is 0 Å². The van der Waals surface area contributed by atoms with Crippen LogP contribution in [0, 0.1) is 0 Å². The van der Waals surface area contributed by atoms with Gasteiger partial charge in [-0.2, -0.15) is 0 Å². The second-order valence-electron chi connectivity index (χ2n) is 6.62. The van der Waals surface area contributed by atoms with Gasteiger partial charge >= 0.3 is 0 Å². The summed E-state index contributed by atoms with van der Waals surface area (Å²) in [6.45, 7) is 1.00. The number of phenolic OH excluding ortho intramolecular Hbond substituents is 1. The Bertz CT molecular complexity index is 1200. The number of nitrogens with zero attached hydrogens (tertiary/aromatic N) is 2. The van der Waals surface area contributed by atoms with Gasteiger partial charge in [0.15, 0.2) is 0 Å². The van der Waals surface area contributed by atoms with Crippen LogP contribution < -0.4 is 5.56 Å². The number of benzene rings is 2. The lowest BCUT2D eigenvalue weighted by Crippen LogP contribution is -2.21. The minimum Gasteiger partial charge on any atom is -0.508 e. The van der Waals surface area contributed by atoms with Gasteiger partial charge in [-0.25, -0.2) is 4.98 Å². The molecule has 0 spiro atoms. The van der Waals surface area contributed by atoms with Crippen molar-refractivity contribution in [2.24, 2.45) is 0 Å². The second-order valence-corrected chi connectivity index (χ2v) is 7.89. The summed E-state index contributed by atoms with van der Waals surface area (Å²) in [6.07, 6.45) is 0. The van der Waals surface area contributed by atoms with Crippen molar-refractivity contribution in [1.82, 2.24) is 14.9 Å². The third-order valence-corrected chi connectivity index (χ3v) is 5.71. The molecule has 0 unspecified atom stereocenters. The van der Waals surface area contributed by atoms with Crippen LogP contribution in [0.15, 0.2) is 58.7 Å². The highest BCUT2D eigenvalue weighted by Crippen LogP contribution is 2.34. The minimum atomic E-state index is -0.174. The maximum atomic E-state index is 12.8. The minimum absolute atomic E-state index is 0.174. The van der Waals surface area contributed by atoms with E-state index in [4.69, 9.17) is 11.6 Å². The molecule has 4 aromatic rings. The summed E-state index contributed by atoms with van der Waals surface area (Å²) in [5.41, 5.74) is 2.28. The topological polar surface area (TPSA) is 69.2 Å². The maximum absolute atomic E-state index is 12.8. The highest BCUT2D eigenvalue weighted by molar-refractivity contribution is 7.17. The van der Waals surface area contributed by atoms with E-state index in [0.717, 1.165) is 16.7 Å². The summed E-state index contributed by atoms with van der Waals surface area (Å²) in [5, 5.41) is 13.0. The molecule has 4 rings (SSSR count). The first-order valence-electron chi connectivity index (χ1n) is 8.73. The number of phenols is 1. The van der Waals surface area contributed by atoms with Gasteiger partial charge in [-0.15, -0.1) is 11.3 Å². The number of fused-ring (bicyclic) bond motifs is 1. The molecule has 5 nitrogen and oxygen atoms in total. The van der Waals surface area contributed by atoms with Gasteiger partial charge in [-0.05, 0) is 19.2 Å². The van der Waals surface area contributed by atoms with Crippen molar-refractivity contribution >= 4 is 33.2 Å². The van der Waals surface area contributed by atoms with Crippen molar-refractivity contribution in [3.05, 3.63) is 80.7 Å².